The van der Waals surface area contributed by atoms with Crippen LogP contribution in [0.3, 0.4) is 0 Å². The van der Waals surface area contributed by atoms with E-state index < -0.39 is 10.0 Å². The number of methoxy groups -OCH3 is 1. The van der Waals surface area contributed by atoms with Gasteiger partial charge in [0.2, 0.25) is 10.0 Å². The highest BCUT2D eigenvalue weighted by atomic mass is 32.2. The smallest absolute Gasteiger partial charge is 0.241 e. The summed E-state index contributed by atoms with van der Waals surface area (Å²) in [6, 6.07) is 11.9. The minimum atomic E-state index is -3.66. The van der Waals surface area contributed by atoms with Crippen LogP contribution in [0, 0.1) is 6.92 Å². The summed E-state index contributed by atoms with van der Waals surface area (Å²) in [7, 11) is -2.11. The van der Waals surface area contributed by atoms with Crippen molar-refractivity contribution in [3.8, 4) is 5.75 Å². The lowest BCUT2D eigenvalue weighted by Gasteiger charge is -2.10. The first kappa shape index (κ1) is 15.5. The van der Waals surface area contributed by atoms with Gasteiger partial charge in [-0.1, -0.05) is 18.2 Å². The van der Waals surface area contributed by atoms with E-state index in [1.807, 2.05) is 18.2 Å². The molecule has 0 aliphatic rings. The molecule has 0 fully saturated rings. The van der Waals surface area contributed by atoms with E-state index in [4.69, 9.17) is 9.15 Å². The van der Waals surface area contributed by atoms with Crippen LogP contribution in [-0.4, -0.2) is 20.5 Å². The van der Waals surface area contributed by atoms with Gasteiger partial charge >= 0.3 is 0 Å². The van der Waals surface area contributed by atoms with Gasteiger partial charge in [0.05, 0.1) is 12.0 Å². The second kappa shape index (κ2) is 6.02. The Kier molecular flexibility index (Phi) is 4.06. The molecule has 3 rings (SSSR count). The van der Waals surface area contributed by atoms with Crippen molar-refractivity contribution < 1.29 is 17.6 Å². The van der Waals surface area contributed by atoms with E-state index in [9.17, 15) is 8.42 Å². The third kappa shape index (κ3) is 3.20. The molecule has 0 radical (unpaired) electrons. The second-order valence-electron chi connectivity index (χ2n) is 5.00. The first-order valence-electron chi connectivity index (χ1n) is 6.98. The van der Waals surface area contributed by atoms with Crippen molar-refractivity contribution in [1.29, 1.82) is 0 Å². The van der Waals surface area contributed by atoms with Crippen molar-refractivity contribution in [2.75, 3.05) is 7.11 Å². The molecule has 3 aromatic rings. The summed E-state index contributed by atoms with van der Waals surface area (Å²) in [5.74, 6) is 1.13. The van der Waals surface area contributed by atoms with Crippen molar-refractivity contribution >= 4 is 21.1 Å². The summed E-state index contributed by atoms with van der Waals surface area (Å²) < 4.78 is 38.0. The SMILES string of the molecule is COc1ccccc1CNS(=O)(=O)c1ccc2nc(C)oc2c1. The van der Waals surface area contributed by atoms with Crippen molar-refractivity contribution in [3.05, 3.63) is 53.9 Å². The minimum Gasteiger partial charge on any atom is -0.496 e. The van der Waals surface area contributed by atoms with Crippen LogP contribution < -0.4 is 9.46 Å². The maximum atomic E-state index is 12.4. The molecule has 0 saturated heterocycles. The molecule has 1 heterocycles. The molecule has 0 unspecified atom stereocenters. The number of para-hydroxylation sites is 1. The maximum Gasteiger partial charge on any atom is 0.241 e. The molecule has 0 amide bonds. The van der Waals surface area contributed by atoms with Gasteiger partial charge in [-0.05, 0) is 18.2 Å². The molecule has 23 heavy (non-hydrogen) atoms. The van der Waals surface area contributed by atoms with Crippen LogP contribution in [0.5, 0.6) is 5.75 Å². The minimum absolute atomic E-state index is 0.135. The van der Waals surface area contributed by atoms with Gasteiger partial charge in [-0.15, -0.1) is 0 Å². The molecule has 0 aliphatic carbocycles. The average Bonchev–Trinajstić information content (AvgIpc) is 2.92. The van der Waals surface area contributed by atoms with E-state index in [0.29, 0.717) is 22.7 Å². The normalized spacial score (nSPS) is 11.7. The molecular formula is C16H16N2O4S. The molecule has 1 N–H and O–H groups in total. The van der Waals surface area contributed by atoms with Gasteiger partial charge in [0, 0.05) is 25.1 Å². The Morgan fingerprint density at radius 1 is 1.22 bits per heavy atom. The summed E-state index contributed by atoms with van der Waals surface area (Å²) in [5, 5.41) is 0. The number of aryl methyl sites for hydroxylation is 1. The van der Waals surface area contributed by atoms with Gasteiger partial charge in [0.1, 0.15) is 11.3 Å². The molecule has 2 aromatic carbocycles. The fourth-order valence-electron chi connectivity index (χ4n) is 2.29. The molecule has 7 heteroatoms. The monoisotopic (exact) mass is 332 g/mol. The zero-order valence-corrected chi connectivity index (χ0v) is 13.6. The van der Waals surface area contributed by atoms with Crippen LogP contribution in [0.25, 0.3) is 11.1 Å². The van der Waals surface area contributed by atoms with Crippen LogP contribution in [0.1, 0.15) is 11.5 Å². The van der Waals surface area contributed by atoms with Gasteiger partial charge in [0.25, 0.3) is 0 Å². The standard InChI is InChI=1S/C16H16N2O4S/c1-11-18-14-8-7-13(9-16(14)22-11)23(19,20)17-10-12-5-3-4-6-15(12)21-2/h3-9,17H,10H2,1-2H3. The highest BCUT2D eigenvalue weighted by molar-refractivity contribution is 7.89. The summed E-state index contributed by atoms with van der Waals surface area (Å²) >= 11 is 0. The summed E-state index contributed by atoms with van der Waals surface area (Å²) in [6.45, 7) is 1.86. The Labute approximate surface area is 134 Å². The van der Waals surface area contributed by atoms with E-state index in [-0.39, 0.29) is 11.4 Å². The third-order valence-corrected chi connectivity index (χ3v) is 4.82. The number of oxazole rings is 1. The summed E-state index contributed by atoms with van der Waals surface area (Å²) in [4.78, 5) is 4.29. The molecule has 0 saturated carbocycles. The van der Waals surface area contributed by atoms with Crippen molar-refractivity contribution in [1.82, 2.24) is 9.71 Å². The van der Waals surface area contributed by atoms with Crippen molar-refractivity contribution in [3.63, 3.8) is 0 Å². The number of nitrogens with zero attached hydrogens (tertiary/aromatic N) is 1. The van der Waals surface area contributed by atoms with Gasteiger partial charge < -0.3 is 9.15 Å². The van der Waals surface area contributed by atoms with Crippen LogP contribution in [0.4, 0.5) is 0 Å². The van der Waals surface area contributed by atoms with Gasteiger partial charge in [0.15, 0.2) is 11.5 Å². The molecule has 6 nitrogen and oxygen atoms in total. The highest BCUT2D eigenvalue weighted by Crippen LogP contribution is 2.21. The number of fused-ring (bicyclic) bond motifs is 1. The predicted octanol–water partition coefficient (Wildman–Crippen LogP) is 2.62. The fourth-order valence-corrected chi connectivity index (χ4v) is 3.31. The van der Waals surface area contributed by atoms with E-state index in [1.165, 1.54) is 12.1 Å². The van der Waals surface area contributed by atoms with Crippen LogP contribution in [0.2, 0.25) is 0 Å². The number of nitrogens with one attached hydrogen (secondary N) is 1. The van der Waals surface area contributed by atoms with Crippen LogP contribution >= 0.6 is 0 Å². The largest absolute Gasteiger partial charge is 0.496 e. The second-order valence-corrected chi connectivity index (χ2v) is 6.77. The Hall–Kier alpha value is -2.38. The number of ether oxygens (including phenoxy) is 1. The lowest BCUT2D eigenvalue weighted by atomic mass is 10.2. The van der Waals surface area contributed by atoms with Crippen molar-refractivity contribution in [2.45, 2.75) is 18.4 Å². The van der Waals surface area contributed by atoms with Crippen LogP contribution in [-0.2, 0) is 16.6 Å². The number of rotatable bonds is 5. The average molecular weight is 332 g/mol. The Bertz CT molecular complexity index is 948. The molecule has 0 atom stereocenters. The lowest BCUT2D eigenvalue weighted by molar-refractivity contribution is 0.409. The Balaban J connectivity index is 1.85. The third-order valence-electron chi connectivity index (χ3n) is 3.42. The van der Waals surface area contributed by atoms with Gasteiger partial charge in [-0.3, -0.25) is 0 Å². The summed E-state index contributed by atoms with van der Waals surface area (Å²) in [5.41, 5.74) is 1.84. The van der Waals surface area contributed by atoms with E-state index in [1.54, 1.807) is 26.2 Å². The number of hydrogen-bond donors (Lipinski definition) is 1. The summed E-state index contributed by atoms with van der Waals surface area (Å²) in [6.07, 6.45) is 0. The highest BCUT2D eigenvalue weighted by Gasteiger charge is 2.16. The fraction of sp³-hybridized carbons (Fsp3) is 0.188. The van der Waals surface area contributed by atoms with E-state index in [0.717, 1.165) is 5.56 Å². The first-order chi connectivity index (χ1) is 11.0. The lowest BCUT2D eigenvalue weighted by Crippen LogP contribution is -2.23. The number of hydrogen-bond acceptors (Lipinski definition) is 5. The number of aromatic nitrogens is 1. The molecule has 1 aromatic heterocycles. The van der Waals surface area contributed by atoms with Crippen molar-refractivity contribution in [2.24, 2.45) is 0 Å². The number of benzene rings is 2. The maximum absolute atomic E-state index is 12.4. The molecule has 0 spiro atoms. The van der Waals surface area contributed by atoms with Gasteiger partial charge in [-0.2, -0.15) is 0 Å². The van der Waals surface area contributed by atoms with Crippen LogP contribution in [0.15, 0.2) is 51.8 Å². The first-order valence-corrected chi connectivity index (χ1v) is 8.47. The quantitative estimate of drug-likeness (QED) is 0.777. The predicted molar refractivity (Wildman–Crippen MR) is 85.8 cm³/mol. The Morgan fingerprint density at radius 3 is 2.78 bits per heavy atom. The molecule has 120 valence electrons. The molecule has 0 bridgehead atoms. The van der Waals surface area contributed by atoms with E-state index >= 15 is 0 Å². The van der Waals surface area contributed by atoms with E-state index in [2.05, 4.69) is 9.71 Å². The molecular weight excluding hydrogens is 316 g/mol. The topological polar surface area (TPSA) is 81.4 Å². The Morgan fingerprint density at radius 2 is 2.00 bits per heavy atom. The number of sulfonamides is 1. The zero-order chi connectivity index (χ0) is 16.4. The van der Waals surface area contributed by atoms with Gasteiger partial charge in [-0.25, -0.2) is 18.1 Å². The zero-order valence-electron chi connectivity index (χ0n) is 12.7. The molecule has 0 aliphatic heterocycles.